The zero-order valence-electron chi connectivity index (χ0n) is 9.71. The second-order valence-corrected chi connectivity index (χ2v) is 4.02. The highest BCUT2D eigenvalue weighted by atomic mass is 19.4. The average Bonchev–Trinajstić information content (AvgIpc) is 2.08. The summed E-state index contributed by atoms with van der Waals surface area (Å²) in [5, 5.41) is 8.56. The highest BCUT2D eigenvalue weighted by Crippen LogP contribution is 2.27. The van der Waals surface area contributed by atoms with Gasteiger partial charge in [-0.3, -0.25) is 9.69 Å². The van der Waals surface area contributed by atoms with Crippen LogP contribution in [0.25, 0.3) is 0 Å². The molecule has 6 heteroatoms. The van der Waals surface area contributed by atoms with Crippen molar-refractivity contribution in [2.24, 2.45) is 5.92 Å². The Labute approximate surface area is 93.2 Å². The van der Waals surface area contributed by atoms with Gasteiger partial charge in [0.25, 0.3) is 0 Å². The van der Waals surface area contributed by atoms with Gasteiger partial charge in [0.2, 0.25) is 0 Å². The number of carboxylic acid groups (broad SMARTS) is 1. The molecule has 0 saturated heterocycles. The second kappa shape index (κ2) is 6.08. The van der Waals surface area contributed by atoms with Crippen LogP contribution in [0.3, 0.4) is 0 Å². The summed E-state index contributed by atoms with van der Waals surface area (Å²) in [5.74, 6) is -4.12. The van der Waals surface area contributed by atoms with Crippen LogP contribution in [-0.2, 0) is 4.79 Å². The zero-order valence-corrected chi connectivity index (χ0v) is 9.71. The number of halogens is 3. The third-order valence-electron chi connectivity index (χ3n) is 2.35. The Morgan fingerprint density at radius 3 is 2.12 bits per heavy atom. The second-order valence-electron chi connectivity index (χ2n) is 4.02. The fraction of sp³-hybridized carbons (Fsp3) is 0.900. The van der Waals surface area contributed by atoms with Crippen LogP contribution >= 0.6 is 0 Å². The average molecular weight is 241 g/mol. The molecule has 0 aromatic carbocycles. The Morgan fingerprint density at radius 2 is 1.88 bits per heavy atom. The van der Waals surface area contributed by atoms with Crippen molar-refractivity contribution < 1.29 is 23.1 Å². The van der Waals surface area contributed by atoms with Crippen LogP contribution in [0.2, 0.25) is 0 Å². The molecule has 0 bridgehead atoms. The van der Waals surface area contributed by atoms with E-state index in [4.69, 9.17) is 5.11 Å². The molecule has 0 rings (SSSR count). The van der Waals surface area contributed by atoms with Crippen molar-refractivity contribution in [3.63, 3.8) is 0 Å². The summed E-state index contributed by atoms with van der Waals surface area (Å²) in [5.41, 5.74) is 0. The molecular weight excluding hydrogens is 223 g/mol. The monoisotopic (exact) mass is 241 g/mol. The predicted molar refractivity (Wildman–Crippen MR) is 54.2 cm³/mol. The van der Waals surface area contributed by atoms with Gasteiger partial charge in [-0.1, -0.05) is 6.92 Å². The Balaban J connectivity index is 4.65. The van der Waals surface area contributed by atoms with Crippen molar-refractivity contribution in [2.75, 3.05) is 13.1 Å². The number of hydrogen-bond donors (Lipinski definition) is 1. The van der Waals surface area contributed by atoms with Gasteiger partial charge in [-0.25, -0.2) is 0 Å². The third kappa shape index (κ3) is 4.83. The molecule has 0 saturated carbocycles. The van der Waals surface area contributed by atoms with Gasteiger partial charge >= 0.3 is 12.1 Å². The summed E-state index contributed by atoms with van der Waals surface area (Å²) in [7, 11) is 0. The number of hydrogen-bond acceptors (Lipinski definition) is 2. The number of carbonyl (C=O) groups is 1. The van der Waals surface area contributed by atoms with Crippen molar-refractivity contribution in [2.45, 2.75) is 39.4 Å². The van der Waals surface area contributed by atoms with E-state index in [1.165, 1.54) is 4.90 Å². The molecule has 16 heavy (non-hydrogen) atoms. The molecule has 1 unspecified atom stereocenters. The summed E-state index contributed by atoms with van der Waals surface area (Å²) >= 11 is 0. The number of rotatable bonds is 6. The minimum Gasteiger partial charge on any atom is -0.481 e. The lowest BCUT2D eigenvalue weighted by atomic mass is 10.1. The summed E-state index contributed by atoms with van der Waals surface area (Å²) in [4.78, 5) is 12.1. The van der Waals surface area contributed by atoms with Crippen LogP contribution in [0, 0.1) is 5.92 Å². The van der Waals surface area contributed by atoms with Crippen LogP contribution in [0.1, 0.15) is 27.2 Å². The highest BCUT2D eigenvalue weighted by Gasteiger charge is 2.45. The van der Waals surface area contributed by atoms with E-state index in [-0.39, 0.29) is 6.04 Å². The maximum Gasteiger partial charge on any atom is 0.403 e. The van der Waals surface area contributed by atoms with Crippen LogP contribution in [0.15, 0.2) is 0 Å². The van der Waals surface area contributed by atoms with Gasteiger partial charge in [0.05, 0.1) is 0 Å². The molecule has 3 nitrogen and oxygen atoms in total. The van der Waals surface area contributed by atoms with Gasteiger partial charge < -0.3 is 5.11 Å². The molecule has 0 aromatic heterocycles. The first-order chi connectivity index (χ1) is 7.20. The standard InChI is InChI=1S/C10H18F3NO2/c1-4-5-14(7(2)3)6-8(9(15)16)10(11,12)13/h7-8H,4-6H2,1-3H3,(H,15,16). The maximum atomic E-state index is 12.4. The lowest BCUT2D eigenvalue weighted by Crippen LogP contribution is -2.44. The summed E-state index contributed by atoms with van der Waals surface area (Å²) in [6.45, 7) is 5.34. The maximum absolute atomic E-state index is 12.4. The molecule has 0 amide bonds. The highest BCUT2D eigenvalue weighted by molar-refractivity contribution is 5.71. The third-order valence-corrected chi connectivity index (χ3v) is 2.35. The minimum atomic E-state index is -4.69. The van der Waals surface area contributed by atoms with Crippen LogP contribution in [-0.4, -0.2) is 41.3 Å². The lowest BCUT2D eigenvalue weighted by Gasteiger charge is -2.29. The largest absolute Gasteiger partial charge is 0.481 e. The van der Waals surface area contributed by atoms with Crippen molar-refractivity contribution >= 4 is 5.97 Å². The minimum absolute atomic E-state index is 0.0934. The molecular formula is C10H18F3NO2. The SMILES string of the molecule is CCCN(CC(C(=O)O)C(F)(F)F)C(C)C. The van der Waals surface area contributed by atoms with Crippen molar-refractivity contribution in [1.29, 1.82) is 0 Å². The molecule has 0 aliphatic carbocycles. The molecule has 0 spiro atoms. The van der Waals surface area contributed by atoms with Gasteiger partial charge in [0.1, 0.15) is 0 Å². The van der Waals surface area contributed by atoms with Crippen molar-refractivity contribution in [3.05, 3.63) is 0 Å². The molecule has 0 aromatic rings. The van der Waals surface area contributed by atoms with Crippen molar-refractivity contribution in [3.8, 4) is 0 Å². The number of nitrogens with zero attached hydrogens (tertiary/aromatic N) is 1. The first-order valence-electron chi connectivity index (χ1n) is 5.23. The molecule has 0 radical (unpaired) electrons. The van der Waals surface area contributed by atoms with Crippen LogP contribution < -0.4 is 0 Å². The van der Waals surface area contributed by atoms with Gasteiger partial charge in [0, 0.05) is 12.6 Å². The summed E-state index contributed by atoms with van der Waals surface area (Å²) in [6, 6.07) is -0.0934. The van der Waals surface area contributed by atoms with Gasteiger partial charge in [-0.15, -0.1) is 0 Å². The fourth-order valence-electron chi connectivity index (χ4n) is 1.40. The summed E-state index contributed by atoms with van der Waals surface area (Å²) < 4.78 is 37.3. The Bertz CT molecular complexity index is 229. The zero-order chi connectivity index (χ0) is 12.9. The van der Waals surface area contributed by atoms with Crippen LogP contribution in [0.4, 0.5) is 13.2 Å². The first kappa shape index (κ1) is 15.2. The molecule has 0 fully saturated rings. The van der Waals surface area contributed by atoms with Crippen LogP contribution in [0.5, 0.6) is 0 Å². The smallest absolute Gasteiger partial charge is 0.403 e. The van der Waals surface area contributed by atoms with Gasteiger partial charge in [-0.2, -0.15) is 13.2 Å². The van der Waals surface area contributed by atoms with E-state index in [1.807, 2.05) is 6.92 Å². The van der Waals surface area contributed by atoms with E-state index in [2.05, 4.69) is 0 Å². The molecule has 0 aliphatic rings. The topological polar surface area (TPSA) is 40.5 Å². The summed E-state index contributed by atoms with van der Waals surface area (Å²) in [6.07, 6.45) is -3.99. The molecule has 96 valence electrons. The Morgan fingerprint density at radius 1 is 1.38 bits per heavy atom. The van der Waals surface area contributed by atoms with Crippen molar-refractivity contribution in [1.82, 2.24) is 4.90 Å². The molecule has 1 N–H and O–H groups in total. The predicted octanol–water partition coefficient (Wildman–Crippen LogP) is 2.37. The number of aliphatic carboxylic acids is 1. The lowest BCUT2D eigenvalue weighted by molar-refractivity contribution is -0.197. The number of alkyl halides is 3. The van der Waals surface area contributed by atoms with E-state index < -0.39 is 24.6 Å². The quantitative estimate of drug-likeness (QED) is 0.776. The Kier molecular flexibility index (Phi) is 5.78. The normalized spacial score (nSPS) is 14.5. The molecule has 1 atom stereocenters. The van der Waals surface area contributed by atoms with E-state index in [1.54, 1.807) is 13.8 Å². The molecule has 0 aliphatic heterocycles. The molecule has 0 heterocycles. The number of carboxylic acids is 1. The van der Waals surface area contributed by atoms with Gasteiger partial charge in [0.15, 0.2) is 5.92 Å². The van der Waals surface area contributed by atoms with Gasteiger partial charge in [-0.05, 0) is 26.8 Å². The van der Waals surface area contributed by atoms with E-state index in [9.17, 15) is 18.0 Å². The fourth-order valence-corrected chi connectivity index (χ4v) is 1.40. The Hall–Kier alpha value is -0.780. The van der Waals surface area contributed by atoms with E-state index in [0.717, 1.165) is 0 Å². The van der Waals surface area contributed by atoms with E-state index >= 15 is 0 Å². The van der Waals surface area contributed by atoms with E-state index in [0.29, 0.717) is 13.0 Å². The first-order valence-corrected chi connectivity index (χ1v) is 5.23.